The fraction of sp³-hybridized carbons (Fsp3) is 0.273. The second-order valence-electron chi connectivity index (χ2n) is 3.71. The van der Waals surface area contributed by atoms with Crippen molar-refractivity contribution >= 4 is 17.2 Å². The number of hydrogen-bond acceptors (Lipinski definition) is 6. The molecule has 0 amide bonds. The number of aryl methyl sites for hydroxylation is 1. The van der Waals surface area contributed by atoms with Gasteiger partial charge in [0.2, 0.25) is 5.82 Å². The van der Waals surface area contributed by atoms with Crippen LogP contribution < -0.4 is 15.2 Å². The number of tetrazole rings is 1. The molecule has 0 atom stereocenters. The van der Waals surface area contributed by atoms with Crippen LogP contribution in [0.25, 0.3) is 0 Å². The number of aromatic nitrogens is 4. The van der Waals surface area contributed by atoms with Gasteiger partial charge in [0.15, 0.2) is 18.1 Å². The van der Waals surface area contributed by atoms with Crippen molar-refractivity contribution in [3.8, 4) is 11.5 Å². The van der Waals surface area contributed by atoms with E-state index in [0.29, 0.717) is 22.3 Å². The normalized spacial score (nSPS) is 10.2. The van der Waals surface area contributed by atoms with Crippen molar-refractivity contribution in [3.63, 3.8) is 0 Å². The summed E-state index contributed by atoms with van der Waals surface area (Å²) in [6.45, 7) is 0.205. The Hall–Kier alpha value is -2.22. The lowest BCUT2D eigenvalue weighted by atomic mass is 10.2. The summed E-state index contributed by atoms with van der Waals surface area (Å²) in [6, 6.07) is 5.23. The summed E-state index contributed by atoms with van der Waals surface area (Å²) in [5.74, 6) is 1.60. The molecule has 0 saturated heterocycles. The molecule has 0 aliphatic carbocycles. The van der Waals surface area contributed by atoms with Crippen LogP contribution in [0.15, 0.2) is 18.2 Å². The van der Waals surface area contributed by atoms with E-state index in [9.17, 15) is 0 Å². The van der Waals surface area contributed by atoms with Gasteiger partial charge < -0.3 is 15.2 Å². The Labute approximate surface area is 115 Å². The van der Waals surface area contributed by atoms with Crippen molar-refractivity contribution in [3.05, 3.63) is 29.6 Å². The molecule has 0 fully saturated rings. The van der Waals surface area contributed by atoms with Crippen LogP contribution in [-0.2, 0) is 13.7 Å². The van der Waals surface area contributed by atoms with Gasteiger partial charge in [-0.15, -0.1) is 10.2 Å². The molecular formula is C11H13N5O2S. The number of thiocarbonyl (C=S) groups is 1. The van der Waals surface area contributed by atoms with Gasteiger partial charge in [-0.05, 0) is 23.4 Å². The minimum absolute atomic E-state index is 0.205. The molecule has 2 aromatic rings. The first kappa shape index (κ1) is 13.2. The standard InChI is InChI=1S/C11H13N5O2S/c1-16-14-10(13-15-16)6-18-8-4-3-7(11(12)19)5-9(8)17-2/h3-5H,6H2,1-2H3,(H2,12,19). The molecule has 1 aromatic carbocycles. The predicted molar refractivity (Wildman–Crippen MR) is 72.0 cm³/mol. The quantitative estimate of drug-likeness (QED) is 0.794. The van der Waals surface area contributed by atoms with Gasteiger partial charge in [-0.3, -0.25) is 0 Å². The highest BCUT2D eigenvalue weighted by Crippen LogP contribution is 2.28. The molecule has 2 N–H and O–H groups in total. The Balaban J connectivity index is 2.13. The Bertz CT molecular complexity index is 599. The highest BCUT2D eigenvalue weighted by molar-refractivity contribution is 7.80. The first-order valence-corrected chi connectivity index (χ1v) is 5.84. The van der Waals surface area contributed by atoms with E-state index in [-0.39, 0.29) is 6.61 Å². The van der Waals surface area contributed by atoms with Crippen LogP contribution in [-0.4, -0.2) is 32.3 Å². The Kier molecular flexibility index (Phi) is 3.91. The molecule has 2 rings (SSSR count). The van der Waals surface area contributed by atoms with Crippen LogP contribution in [0.2, 0.25) is 0 Å². The summed E-state index contributed by atoms with van der Waals surface area (Å²) in [5, 5.41) is 11.6. The number of nitrogens with zero attached hydrogens (tertiary/aromatic N) is 4. The SMILES string of the molecule is COc1cc(C(N)=S)ccc1OCc1nnn(C)n1. The van der Waals surface area contributed by atoms with E-state index in [1.165, 1.54) is 4.80 Å². The minimum Gasteiger partial charge on any atom is -0.493 e. The molecule has 19 heavy (non-hydrogen) atoms. The van der Waals surface area contributed by atoms with Gasteiger partial charge >= 0.3 is 0 Å². The summed E-state index contributed by atoms with van der Waals surface area (Å²) < 4.78 is 10.8. The summed E-state index contributed by atoms with van der Waals surface area (Å²) in [6.07, 6.45) is 0. The lowest BCUT2D eigenvalue weighted by molar-refractivity contribution is 0.276. The Morgan fingerprint density at radius 1 is 1.42 bits per heavy atom. The average molecular weight is 279 g/mol. The van der Waals surface area contributed by atoms with Gasteiger partial charge in [-0.1, -0.05) is 12.2 Å². The van der Waals surface area contributed by atoms with E-state index in [2.05, 4.69) is 15.4 Å². The fourth-order valence-corrected chi connectivity index (χ4v) is 1.59. The molecule has 0 bridgehead atoms. The number of methoxy groups -OCH3 is 1. The number of rotatable bonds is 5. The second kappa shape index (κ2) is 5.61. The summed E-state index contributed by atoms with van der Waals surface area (Å²) in [7, 11) is 3.24. The lowest BCUT2D eigenvalue weighted by Gasteiger charge is -2.10. The molecule has 0 aliphatic heterocycles. The summed E-state index contributed by atoms with van der Waals surface area (Å²) in [4.78, 5) is 1.67. The smallest absolute Gasteiger partial charge is 0.212 e. The first-order chi connectivity index (χ1) is 9.10. The third kappa shape index (κ3) is 3.16. The number of ether oxygens (including phenoxy) is 2. The van der Waals surface area contributed by atoms with Gasteiger partial charge in [0.05, 0.1) is 14.2 Å². The molecule has 0 unspecified atom stereocenters. The molecule has 8 heteroatoms. The van der Waals surface area contributed by atoms with Gasteiger partial charge in [0.1, 0.15) is 4.99 Å². The van der Waals surface area contributed by atoms with Crippen molar-refractivity contribution < 1.29 is 9.47 Å². The number of nitrogens with two attached hydrogens (primary N) is 1. The number of hydrogen-bond donors (Lipinski definition) is 1. The fourth-order valence-electron chi connectivity index (χ4n) is 1.46. The van der Waals surface area contributed by atoms with Crippen molar-refractivity contribution in [1.29, 1.82) is 0 Å². The van der Waals surface area contributed by atoms with Gasteiger partial charge in [-0.2, -0.15) is 4.80 Å². The predicted octanol–water partition coefficient (Wildman–Crippen LogP) is 0.432. The van der Waals surface area contributed by atoms with Crippen LogP contribution in [0.4, 0.5) is 0 Å². The summed E-state index contributed by atoms with van der Waals surface area (Å²) >= 11 is 4.91. The van der Waals surface area contributed by atoms with E-state index < -0.39 is 0 Å². The lowest BCUT2D eigenvalue weighted by Crippen LogP contribution is -2.09. The topological polar surface area (TPSA) is 88.1 Å². The Morgan fingerprint density at radius 2 is 2.21 bits per heavy atom. The van der Waals surface area contributed by atoms with Crippen molar-refractivity contribution in [2.45, 2.75) is 6.61 Å². The highest BCUT2D eigenvalue weighted by atomic mass is 32.1. The largest absolute Gasteiger partial charge is 0.493 e. The molecule has 0 aliphatic rings. The zero-order valence-corrected chi connectivity index (χ0v) is 11.3. The molecule has 1 heterocycles. The van der Waals surface area contributed by atoms with Gasteiger partial charge in [0, 0.05) is 5.56 Å². The molecule has 0 spiro atoms. The van der Waals surface area contributed by atoms with Crippen LogP contribution >= 0.6 is 12.2 Å². The van der Waals surface area contributed by atoms with Gasteiger partial charge in [-0.25, -0.2) is 0 Å². The van der Waals surface area contributed by atoms with E-state index in [1.807, 2.05) is 0 Å². The molecule has 0 saturated carbocycles. The molecule has 100 valence electrons. The van der Waals surface area contributed by atoms with Crippen LogP contribution in [0, 0.1) is 0 Å². The minimum atomic E-state index is 0.205. The van der Waals surface area contributed by atoms with Gasteiger partial charge in [0.25, 0.3) is 0 Å². The zero-order chi connectivity index (χ0) is 13.8. The maximum absolute atomic E-state index is 5.57. The maximum Gasteiger partial charge on any atom is 0.212 e. The molecular weight excluding hydrogens is 266 g/mol. The third-order valence-electron chi connectivity index (χ3n) is 2.35. The molecule has 7 nitrogen and oxygen atoms in total. The van der Waals surface area contributed by atoms with E-state index in [4.69, 9.17) is 27.4 Å². The molecule has 1 aromatic heterocycles. The summed E-state index contributed by atoms with van der Waals surface area (Å²) in [5.41, 5.74) is 6.28. The first-order valence-electron chi connectivity index (χ1n) is 5.43. The monoisotopic (exact) mass is 279 g/mol. The van der Waals surface area contributed by atoms with Crippen LogP contribution in [0.3, 0.4) is 0 Å². The van der Waals surface area contributed by atoms with Crippen molar-refractivity contribution in [2.75, 3.05) is 7.11 Å². The zero-order valence-electron chi connectivity index (χ0n) is 10.5. The Morgan fingerprint density at radius 3 is 2.79 bits per heavy atom. The van der Waals surface area contributed by atoms with E-state index in [1.54, 1.807) is 32.4 Å². The second-order valence-corrected chi connectivity index (χ2v) is 4.15. The highest BCUT2D eigenvalue weighted by Gasteiger charge is 2.09. The third-order valence-corrected chi connectivity index (χ3v) is 2.59. The number of benzene rings is 1. The van der Waals surface area contributed by atoms with Crippen LogP contribution in [0.5, 0.6) is 11.5 Å². The maximum atomic E-state index is 5.57. The van der Waals surface area contributed by atoms with Crippen molar-refractivity contribution in [2.24, 2.45) is 12.8 Å². The average Bonchev–Trinajstić information content (AvgIpc) is 2.81. The molecule has 0 radical (unpaired) electrons. The van der Waals surface area contributed by atoms with Crippen molar-refractivity contribution in [1.82, 2.24) is 20.2 Å². The van der Waals surface area contributed by atoms with Crippen LogP contribution in [0.1, 0.15) is 11.4 Å². The van der Waals surface area contributed by atoms with E-state index in [0.717, 1.165) is 5.56 Å². The van der Waals surface area contributed by atoms with E-state index >= 15 is 0 Å².